The number of nitrogens with zero attached hydrogens (tertiary/aromatic N) is 3. The molecular weight excluding hydrogens is 242 g/mol. The van der Waals surface area contributed by atoms with Crippen molar-refractivity contribution in [1.29, 1.82) is 0 Å². The summed E-state index contributed by atoms with van der Waals surface area (Å²) in [5, 5.41) is 13.6. The lowest BCUT2D eigenvalue weighted by Gasteiger charge is -2.04. The zero-order valence-corrected chi connectivity index (χ0v) is 10.1. The van der Waals surface area contributed by atoms with E-state index in [1.165, 1.54) is 10.7 Å². The van der Waals surface area contributed by atoms with E-state index in [0.717, 1.165) is 0 Å². The molecule has 1 N–H and O–H groups in total. The lowest BCUT2D eigenvalue weighted by atomic mass is 10.2. The normalized spacial score (nSPS) is 10.5. The molecule has 88 valence electrons. The molecule has 0 radical (unpaired) electrons. The molecule has 5 nitrogen and oxygen atoms in total. The third-order valence-corrected chi connectivity index (χ3v) is 2.75. The van der Waals surface area contributed by atoms with Gasteiger partial charge in [0.25, 0.3) is 0 Å². The number of rotatable bonds is 2. The monoisotopic (exact) mass is 251 g/mol. The van der Waals surface area contributed by atoms with Gasteiger partial charge in [0.15, 0.2) is 5.82 Å². The third-order valence-electron chi connectivity index (χ3n) is 2.38. The number of hydrogen-bond acceptors (Lipinski definition) is 3. The minimum Gasteiger partial charge on any atom is -0.478 e. The number of pyridine rings is 1. The fourth-order valence-electron chi connectivity index (χ4n) is 1.46. The number of carboxylic acid groups (broad SMARTS) is 1. The summed E-state index contributed by atoms with van der Waals surface area (Å²) in [4.78, 5) is 15.0. The molecule has 0 unspecified atom stereocenters. The second-order valence-corrected chi connectivity index (χ2v) is 4.02. The maximum Gasteiger partial charge on any atom is 0.337 e. The van der Waals surface area contributed by atoms with Crippen LogP contribution >= 0.6 is 11.6 Å². The summed E-state index contributed by atoms with van der Waals surface area (Å²) in [5.41, 5.74) is 1.33. The highest BCUT2D eigenvalue weighted by Gasteiger charge is 2.10. The first-order chi connectivity index (χ1) is 7.99. The van der Waals surface area contributed by atoms with Crippen LogP contribution in [-0.2, 0) is 0 Å². The molecule has 0 aromatic carbocycles. The van der Waals surface area contributed by atoms with Gasteiger partial charge in [-0.2, -0.15) is 5.10 Å². The predicted molar refractivity (Wildman–Crippen MR) is 62.8 cm³/mol. The van der Waals surface area contributed by atoms with Crippen molar-refractivity contribution < 1.29 is 9.90 Å². The standard InChI is InChI=1S/C11H10ClN3O2/c1-6-8(11(16)17)3-4-10(13-6)15-5-9(12)7(2)14-15/h3-5H,1-2H3,(H,16,17). The molecule has 0 spiro atoms. The van der Waals surface area contributed by atoms with Crippen molar-refractivity contribution in [2.24, 2.45) is 0 Å². The molecule has 0 bridgehead atoms. The first-order valence-electron chi connectivity index (χ1n) is 4.92. The highest BCUT2D eigenvalue weighted by atomic mass is 35.5. The van der Waals surface area contributed by atoms with Gasteiger partial charge in [-0.05, 0) is 26.0 Å². The van der Waals surface area contributed by atoms with Gasteiger partial charge in [-0.1, -0.05) is 11.6 Å². The lowest BCUT2D eigenvalue weighted by Crippen LogP contribution is -2.05. The van der Waals surface area contributed by atoms with Crippen molar-refractivity contribution in [2.45, 2.75) is 13.8 Å². The Morgan fingerprint density at radius 1 is 1.35 bits per heavy atom. The van der Waals surface area contributed by atoms with Crippen LogP contribution in [0.1, 0.15) is 21.7 Å². The van der Waals surface area contributed by atoms with Gasteiger partial charge in [0.2, 0.25) is 0 Å². The quantitative estimate of drug-likeness (QED) is 0.889. The van der Waals surface area contributed by atoms with Crippen LogP contribution in [0, 0.1) is 13.8 Å². The van der Waals surface area contributed by atoms with E-state index in [-0.39, 0.29) is 5.56 Å². The SMILES string of the molecule is Cc1nn(-c2ccc(C(=O)O)c(C)n2)cc1Cl. The Bertz CT molecular complexity index is 573. The van der Waals surface area contributed by atoms with Crippen molar-refractivity contribution in [2.75, 3.05) is 0 Å². The summed E-state index contributed by atoms with van der Waals surface area (Å²) in [6.45, 7) is 3.43. The molecule has 0 saturated carbocycles. The summed E-state index contributed by atoms with van der Waals surface area (Å²) in [7, 11) is 0. The van der Waals surface area contributed by atoms with Crippen LogP contribution in [0.5, 0.6) is 0 Å². The minimum atomic E-state index is -0.990. The van der Waals surface area contributed by atoms with Crippen LogP contribution in [-0.4, -0.2) is 25.8 Å². The molecule has 0 aliphatic rings. The topological polar surface area (TPSA) is 68.0 Å². The van der Waals surface area contributed by atoms with Crippen LogP contribution in [0.3, 0.4) is 0 Å². The first kappa shape index (κ1) is 11.6. The minimum absolute atomic E-state index is 0.184. The highest BCUT2D eigenvalue weighted by Crippen LogP contribution is 2.16. The van der Waals surface area contributed by atoms with Crippen LogP contribution < -0.4 is 0 Å². The number of aryl methyl sites for hydroxylation is 2. The molecular formula is C11H10ClN3O2. The van der Waals surface area contributed by atoms with Crippen molar-refractivity contribution in [3.63, 3.8) is 0 Å². The third kappa shape index (κ3) is 2.14. The van der Waals surface area contributed by atoms with Gasteiger partial charge in [-0.3, -0.25) is 0 Å². The molecule has 0 amide bonds. The van der Waals surface area contributed by atoms with E-state index in [4.69, 9.17) is 16.7 Å². The average molecular weight is 252 g/mol. The molecule has 0 aliphatic carbocycles. The lowest BCUT2D eigenvalue weighted by molar-refractivity contribution is 0.0695. The summed E-state index contributed by atoms with van der Waals surface area (Å²) in [6.07, 6.45) is 1.64. The number of halogens is 1. The molecule has 2 heterocycles. The van der Waals surface area contributed by atoms with E-state index in [9.17, 15) is 4.79 Å². The maximum atomic E-state index is 10.8. The van der Waals surface area contributed by atoms with Crippen LogP contribution in [0.25, 0.3) is 5.82 Å². The second kappa shape index (κ2) is 4.18. The number of aromatic carboxylic acids is 1. The van der Waals surface area contributed by atoms with Gasteiger partial charge in [-0.15, -0.1) is 0 Å². The van der Waals surface area contributed by atoms with Crippen LogP contribution in [0.2, 0.25) is 5.02 Å². The first-order valence-corrected chi connectivity index (χ1v) is 5.30. The zero-order chi connectivity index (χ0) is 12.6. The van der Waals surface area contributed by atoms with E-state index in [1.807, 2.05) is 0 Å². The largest absolute Gasteiger partial charge is 0.478 e. The van der Waals surface area contributed by atoms with Crippen molar-refractivity contribution in [3.8, 4) is 5.82 Å². The summed E-state index contributed by atoms with van der Waals surface area (Å²) < 4.78 is 1.52. The molecule has 2 aromatic heterocycles. The van der Waals surface area contributed by atoms with Crippen molar-refractivity contribution >= 4 is 17.6 Å². The van der Waals surface area contributed by atoms with Crippen LogP contribution in [0.15, 0.2) is 18.3 Å². The van der Waals surface area contributed by atoms with Crippen molar-refractivity contribution in [3.05, 3.63) is 40.3 Å². The highest BCUT2D eigenvalue weighted by molar-refractivity contribution is 6.31. The van der Waals surface area contributed by atoms with Gasteiger partial charge in [0, 0.05) is 0 Å². The molecule has 0 saturated heterocycles. The Morgan fingerprint density at radius 3 is 2.53 bits per heavy atom. The van der Waals surface area contributed by atoms with Gasteiger partial charge in [0.05, 0.1) is 28.2 Å². The Hall–Kier alpha value is -1.88. The summed E-state index contributed by atoms with van der Waals surface area (Å²) >= 11 is 5.90. The Labute approximate surface area is 103 Å². The number of carbonyl (C=O) groups is 1. The molecule has 2 rings (SSSR count). The molecule has 17 heavy (non-hydrogen) atoms. The smallest absolute Gasteiger partial charge is 0.337 e. The van der Waals surface area contributed by atoms with Crippen LogP contribution in [0.4, 0.5) is 0 Å². The Morgan fingerprint density at radius 2 is 2.06 bits per heavy atom. The summed E-state index contributed by atoms with van der Waals surface area (Å²) in [6, 6.07) is 3.10. The second-order valence-electron chi connectivity index (χ2n) is 3.61. The molecule has 2 aromatic rings. The Balaban J connectivity index is 2.47. The van der Waals surface area contributed by atoms with E-state index in [1.54, 1.807) is 26.1 Å². The van der Waals surface area contributed by atoms with E-state index >= 15 is 0 Å². The van der Waals surface area contributed by atoms with Gasteiger partial charge >= 0.3 is 5.97 Å². The molecule has 0 fully saturated rings. The number of hydrogen-bond donors (Lipinski definition) is 1. The van der Waals surface area contributed by atoms with E-state index in [0.29, 0.717) is 22.2 Å². The van der Waals surface area contributed by atoms with Crippen molar-refractivity contribution in [1.82, 2.24) is 14.8 Å². The fraction of sp³-hybridized carbons (Fsp3) is 0.182. The van der Waals surface area contributed by atoms with Gasteiger partial charge in [0.1, 0.15) is 0 Å². The molecule has 6 heteroatoms. The average Bonchev–Trinajstić information content (AvgIpc) is 2.58. The zero-order valence-electron chi connectivity index (χ0n) is 9.31. The number of aromatic nitrogens is 3. The van der Waals surface area contributed by atoms with E-state index < -0.39 is 5.97 Å². The summed E-state index contributed by atoms with van der Waals surface area (Å²) in [5.74, 6) is -0.446. The van der Waals surface area contributed by atoms with Gasteiger partial charge < -0.3 is 5.11 Å². The fourth-order valence-corrected chi connectivity index (χ4v) is 1.59. The molecule has 0 atom stereocenters. The maximum absolute atomic E-state index is 10.8. The number of carboxylic acids is 1. The predicted octanol–water partition coefficient (Wildman–Crippen LogP) is 2.24. The molecule has 0 aliphatic heterocycles. The Kier molecular flexibility index (Phi) is 2.85. The van der Waals surface area contributed by atoms with E-state index in [2.05, 4.69) is 10.1 Å². The van der Waals surface area contributed by atoms with Gasteiger partial charge in [-0.25, -0.2) is 14.5 Å².